The van der Waals surface area contributed by atoms with E-state index in [4.69, 9.17) is 30.9 Å². The van der Waals surface area contributed by atoms with Crippen LogP contribution in [0.4, 0.5) is 5.69 Å². The van der Waals surface area contributed by atoms with Gasteiger partial charge in [-0.3, -0.25) is 4.79 Å². The predicted octanol–water partition coefficient (Wildman–Crippen LogP) is 6.41. The van der Waals surface area contributed by atoms with Crippen LogP contribution in [0.25, 0.3) is 10.4 Å². The Hall–Kier alpha value is -4.58. The summed E-state index contributed by atoms with van der Waals surface area (Å²) in [5, 5.41) is 24.9. The van der Waals surface area contributed by atoms with Crippen LogP contribution in [0.5, 0.6) is 23.0 Å². The minimum absolute atomic E-state index is 0.0175. The number of nitrogens with one attached hydrogen (secondary N) is 2. The van der Waals surface area contributed by atoms with Crippen LogP contribution in [0.1, 0.15) is 22.5 Å². The molecule has 10 nitrogen and oxygen atoms in total. The van der Waals surface area contributed by atoms with E-state index in [9.17, 15) is 19.5 Å². The van der Waals surface area contributed by atoms with Crippen molar-refractivity contribution in [3.8, 4) is 33.4 Å². The molecule has 1 fully saturated rings. The molecule has 3 aromatic carbocycles. The minimum Gasteiger partial charge on any atom is -0.480 e. The highest BCUT2D eigenvalue weighted by Crippen LogP contribution is 2.46. The molecule has 0 spiro atoms. The Morgan fingerprint density at radius 1 is 0.932 bits per heavy atom. The van der Waals surface area contributed by atoms with Crippen molar-refractivity contribution in [2.45, 2.75) is 18.9 Å². The van der Waals surface area contributed by atoms with Crippen LogP contribution in [0.2, 0.25) is 5.02 Å². The van der Waals surface area contributed by atoms with Crippen LogP contribution in [-0.4, -0.2) is 53.9 Å². The monoisotopic (exact) mass is 636 g/mol. The summed E-state index contributed by atoms with van der Waals surface area (Å²) in [4.78, 5) is 36.7. The molecule has 1 saturated heterocycles. The van der Waals surface area contributed by atoms with Crippen LogP contribution in [0.15, 0.2) is 78.9 Å². The summed E-state index contributed by atoms with van der Waals surface area (Å²) >= 11 is 7.34. The predicted molar refractivity (Wildman–Crippen MR) is 166 cm³/mol. The van der Waals surface area contributed by atoms with Crippen LogP contribution >= 0.6 is 22.9 Å². The van der Waals surface area contributed by atoms with Gasteiger partial charge in [-0.2, -0.15) is 0 Å². The normalized spacial score (nSPS) is 13.9. The smallest absolute Gasteiger partial charge is 0.349 e. The number of carbonyl (C=O) groups is 3. The Bertz CT molecular complexity index is 1640. The number of carboxylic acids is 2. The van der Waals surface area contributed by atoms with Crippen molar-refractivity contribution in [3.63, 3.8) is 0 Å². The molecule has 4 N–H and O–H groups in total. The highest BCUT2D eigenvalue weighted by atomic mass is 35.5. The van der Waals surface area contributed by atoms with E-state index in [2.05, 4.69) is 10.6 Å². The van der Waals surface area contributed by atoms with E-state index in [-0.39, 0.29) is 27.5 Å². The maximum absolute atomic E-state index is 13.7. The maximum Gasteiger partial charge on any atom is 0.349 e. The molecule has 1 atom stereocenters. The minimum atomic E-state index is -1.29. The van der Waals surface area contributed by atoms with Gasteiger partial charge in [0.1, 0.15) is 22.3 Å². The third kappa shape index (κ3) is 7.67. The number of benzene rings is 3. The molecule has 44 heavy (non-hydrogen) atoms. The van der Waals surface area contributed by atoms with Crippen LogP contribution in [0, 0.1) is 5.92 Å². The first-order chi connectivity index (χ1) is 21.3. The summed E-state index contributed by atoms with van der Waals surface area (Å²) in [6.07, 6.45) is 0.643. The molecule has 1 aliphatic rings. The second-order valence-corrected chi connectivity index (χ2v) is 11.4. The van der Waals surface area contributed by atoms with Gasteiger partial charge in [-0.15, -0.1) is 11.3 Å². The number of para-hydroxylation sites is 1. The number of carbonyl (C=O) groups excluding carboxylic acids is 1. The SMILES string of the molecule is O=C(O)COc1c(C(=O)O)sc(-c2cccc(OC(C(=O)Nc3cccc(Oc4ccccc4)c3)C3CCNCC3)c2)c1Cl. The number of hydrogen-bond donors (Lipinski definition) is 4. The van der Waals surface area contributed by atoms with Crippen molar-refractivity contribution in [2.24, 2.45) is 5.92 Å². The molecular formula is C32H29ClN2O8S. The average molecular weight is 637 g/mol. The highest BCUT2D eigenvalue weighted by molar-refractivity contribution is 7.18. The second-order valence-electron chi connectivity index (χ2n) is 9.98. The van der Waals surface area contributed by atoms with E-state index in [1.165, 1.54) is 0 Å². The molecule has 1 aromatic heterocycles. The number of ether oxygens (including phenoxy) is 3. The summed E-state index contributed by atoms with van der Waals surface area (Å²) in [7, 11) is 0. The average Bonchev–Trinajstić information content (AvgIpc) is 3.36. The van der Waals surface area contributed by atoms with E-state index >= 15 is 0 Å². The van der Waals surface area contributed by atoms with Gasteiger partial charge in [-0.25, -0.2) is 9.59 Å². The fraction of sp³-hybridized carbons (Fsp3) is 0.219. The van der Waals surface area contributed by atoms with Crippen molar-refractivity contribution >= 4 is 46.5 Å². The maximum atomic E-state index is 13.7. The molecule has 1 unspecified atom stereocenters. The van der Waals surface area contributed by atoms with Crippen molar-refractivity contribution in [1.82, 2.24) is 5.32 Å². The molecule has 0 aliphatic carbocycles. The summed E-state index contributed by atoms with van der Waals surface area (Å²) in [5.74, 6) is -1.52. The third-order valence-electron chi connectivity index (χ3n) is 6.85. The first-order valence-corrected chi connectivity index (χ1v) is 15.0. The van der Waals surface area contributed by atoms with E-state index in [1.807, 2.05) is 30.3 Å². The van der Waals surface area contributed by atoms with E-state index < -0.39 is 24.6 Å². The fourth-order valence-electron chi connectivity index (χ4n) is 4.83. The first-order valence-electron chi connectivity index (χ1n) is 13.8. The first kappa shape index (κ1) is 30.9. The standard InChI is InChI=1S/C32H29ClN2O8S/c33-26-28(41-18-25(36)37)30(32(39)40)44-29(26)20-6-4-10-23(16-20)43-27(19-12-14-34-15-13-19)31(38)35-21-7-5-11-24(17-21)42-22-8-2-1-3-9-22/h1-11,16-17,19,27,34H,12-15,18H2,(H,35,38)(H,36,37)(H,39,40). The van der Waals surface area contributed by atoms with E-state index in [0.29, 0.717) is 33.4 Å². The van der Waals surface area contributed by atoms with Gasteiger partial charge in [0.05, 0.1) is 4.88 Å². The Balaban J connectivity index is 1.38. The van der Waals surface area contributed by atoms with E-state index in [1.54, 1.807) is 48.5 Å². The topological polar surface area (TPSA) is 143 Å². The number of thiophene rings is 1. The molecule has 5 rings (SSSR count). The number of amides is 1. The van der Waals surface area contributed by atoms with Crippen molar-refractivity contribution in [3.05, 3.63) is 88.8 Å². The molecule has 1 amide bonds. The number of carboxylic acid groups (broad SMARTS) is 2. The second kappa shape index (κ2) is 14.3. The van der Waals surface area contributed by atoms with Gasteiger partial charge in [0.25, 0.3) is 5.91 Å². The molecule has 12 heteroatoms. The Kier molecular flexibility index (Phi) is 10.0. The van der Waals surface area contributed by atoms with Gasteiger partial charge in [0.2, 0.25) is 0 Å². The number of hydrogen-bond acceptors (Lipinski definition) is 8. The van der Waals surface area contributed by atoms with Crippen LogP contribution < -0.4 is 24.8 Å². The summed E-state index contributed by atoms with van der Waals surface area (Å²) in [6.45, 7) is 0.758. The van der Waals surface area contributed by atoms with Crippen LogP contribution in [0.3, 0.4) is 0 Å². The molecule has 2 heterocycles. The van der Waals surface area contributed by atoms with Gasteiger partial charge in [-0.05, 0) is 67.9 Å². The lowest BCUT2D eigenvalue weighted by atomic mass is 9.91. The van der Waals surface area contributed by atoms with Gasteiger partial charge in [0.15, 0.2) is 23.3 Å². The summed E-state index contributed by atoms with van der Waals surface area (Å²) in [5.41, 5.74) is 1.08. The lowest BCUT2D eigenvalue weighted by molar-refractivity contribution is -0.139. The fourth-order valence-corrected chi connectivity index (χ4v) is 6.23. The molecule has 0 bridgehead atoms. The number of halogens is 1. The molecule has 1 aliphatic heterocycles. The Morgan fingerprint density at radius 2 is 1.64 bits per heavy atom. The lowest BCUT2D eigenvalue weighted by Crippen LogP contribution is -2.44. The number of piperidine rings is 1. The number of rotatable bonds is 12. The van der Waals surface area contributed by atoms with Gasteiger partial charge in [0, 0.05) is 17.7 Å². The zero-order chi connectivity index (χ0) is 31.1. The lowest BCUT2D eigenvalue weighted by Gasteiger charge is -2.30. The molecule has 4 aromatic rings. The summed E-state index contributed by atoms with van der Waals surface area (Å²) < 4.78 is 17.5. The van der Waals surface area contributed by atoms with Gasteiger partial charge in [-0.1, -0.05) is 48.0 Å². The van der Waals surface area contributed by atoms with Crippen molar-refractivity contribution < 1.29 is 38.8 Å². The largest absolute Gasteiger partial charge is 0.480 e. The number of anilines is 1. The van der Waals surface area contributed by atoms with Crippen LogP contribution in [-0.2, 0) is 9.59 Å². The quantitative estimate of drug-likeness (QED) is 0.139. The van der Waals surface area contributed by atoms with Gasteiger partial charge >= 0.3 is 11.9 Å². The van der Waals surface area contributed by atoms with Crippen molar-refractivity contribution in [1.29, 1.82) is 0 Å². The number of aliphatic carboxylic acids is 1. The zero-order valence-corrected chi connectivity index (χ0v) is 24.9. The third-order valence-corrected chi connectivity index (χ3v) is 8.53. The Morgan fingerprint density at radius 3 is 2.36 bits per heavy atom. The molecular weight excluding hydrogens is 608 g/mol. The highest BCUT2D eigenvalue weighted by Gasteiger charge is 2.32. The Labute approximate surface area is 262 Å². The van der Waals surface area contributed by atoms with Crippen molar-refractivity contribution in [2.75, 3.05) is 25.0 Å². The van der Waals surface area contributed by atoms with E-state index in [0.717, 1.165) is 37.3 Å². The number of aromatic carboxylic acids is 1. The van der Waals surface area contributed by atoms with Gasteiger partial charge < -0.3 is 35.1 Å². The zero-order valence-electron chi connectivity index (χ0n) is 23.3. The molecule has 228 valence electrons. The molecule has 0 radical (unpaired) electrons. The molecule has 0 saturated carbocycles. The summed E-state index contributed by atoms with van der Waals surface area (Å²) in [6, 6.07) is 23.3.